The first-order valence-corrected chi connectivity index (χ1v) is 4.48. The van der Waals surface area contributed by atoms with Crippen molar-refractivity contribution in [1.29, 1.82) is 0 Å². The lowest BCUT2D eigenvalue weighted by atomic mass is 10.3. The van der Waals surface area contributed by atoms with Crippen molar-refractivity contribution in [3.05, 3.63) is 29.8 Å². The van der Waals surface area contributed by atoms with Crippen molar-refractivity contribution in [2.75, 3.05) is 7.05 Å². The number of aryl methyl sites for hydroxylation is 1. The third-order valence-electron chi connectivity index (χ3n) is 2.29. The molecule has 0 spiro atoms. The van der Waals surface area contributed by atoms with Gasteiger partial charge < -0.3 is 9.88 Å². The van der Waals surface area contributed by atoms with Crippen LogP contribution in [0.1, 0.15) is 5.82 Å². The van der Waals surface area contributed by atoms with Crippen LogP contribution in [-0.2, 0) is 13.6 Å². The van der Waals surface area contributed by atoms with E-state index < -0.39 is 0 Å². The molecule has 0 aliphatic rings. The highest BCUT2D eigenvalue weighted by molar-refractivity contribution is 5.76. The first-order chi connectivity index (χ1) is 6.74. The third-order valence-corrected chi connectivity index (χ3v) is 2.29. The number of rotatable bonds is 2. The molecule has 1 N–H and O–H groups in total. The minimum Gasteiger partial charge on any atom is -0.330 e. The zero-order valence-electron chi connectivity index (χ0n) is 8.21. The summed E-state index contributed by atoms with van der Waals surface area (Å²) >= 11 is 0. The molecule has 3 nitrogen and oxygen atoms in total. The summed E-state index contributed by atoms with van der Waals surface area (Å²) < 4.78 is 15.2. The third kappa shape index (κ3) is 1.28. The normalized spacial score (nSPS) is 11.1. The number of halogens is 1. The molecular formula is C10H12FN3. The predicted molar refractivity (Wildman–Crippen MR) is 53.4 cm³/mol. The number of fused-ring (bicyclic) bond motifs is 1. The monoisotopic (exact) mass is 193 g/mol. The summed E-state index contributed by atoms with van der Waals surface area (Å²) in [6, 6.07) is 4.99. The summed E-state index contributed by atoms with van der Waals surface area (Å²) in [5, 5.41) is 3.00. The largest absolute Gasteiger partial charge is 0.330 e. The van der Waals surface area contributed by atoms with Crippen LogP contribution in [-0.4, -0.2) is 16.6 Å². The van der Waals surface area contributed by atoms with Gasteiger partial charge in [0, 0.05) is 7.05 Å². The fourth-order valence-electron chi connectivity index (χ4n) is 1.54. The first-order valence-electron chi connectivity index (χ1n) is 4.48. The summed E-state index contributed by atoms with van der Waals surface area (Å²) in [5.41, 5.74) is 1.27. The SMILES string of the molecule is CNCc1nc2c(F)cccc2n1C. The zero-order valence-corrected chi connectivity index (χ0v) is 8.21. The highest BCUT2D eigenvalue weighted by Gasteiger charge is 2.09. The maximum absolute atomic E-state index is 13.3. The van der Waals surface area contributed by atoms with Gasteiger partial charge in [-0.25, -0.2) is 9.37 Å². The van der Waals surface area contributed by atoms with Crippen LogP contribution in [0, 0.1) is 5.82 Å². The molecule has 0 radical (unpaired) electrons. The van der Waals surface area contributed by atoms with Gasteiger partial charge in [0.05, 0.1) is 12.1 Å². The van der Waals surface area contributed by atoms with E-state index in [4.69, 9.17) is 0 Å². The summed E-state index contributed by atoms with van der Waals surface area (Å²) in [6.45, 7) is 0.643. The average Bonchev–Trinajstić information content (AvgIpc) is 2.48. The minimum atomic E-state index is -0.263. The average molecular weight is 193 g/mol. The molecule has 0 saturated carbocycles. The van der Waals surface area contributed by atoms with E-state index in [0.717, 1.165) is 11.3 Å². The van der Waals surface area contributed by atoms with Gasteiger partial charge in [0.1, 0.15) is 11.3 Å². The Labute approximate surface area is 81.6 Å². The van der Waals surface area contributed by atoms with Crippen molar-refractivity contribution in [1.82, 2.24) is 14.9 Å². The van der Waals surface area contributed by atoms with Crippen LogP contribution in [0.25, 0.3) is 11.0 Å². The van der Waals surface area contributed by atoms with E-state index in [1.54, 1.807) is 6.07 Å². The van der Waals surface area contributed by atoms with Crippen LogP contribution < -0.4 is 5.32 Å². The van der Waals surface area contributed by atoms with Gasteiger partial charge in [0.15, 0.2) is 5.82 Å². The van der Waals surface area contributed by atoms with Crippen LogP contribution in [0.4, 0.5) is 4.39 Å². The quantitative estimate of drug-likeness (QED) is 0.782. The molecular weight excluding hydrogens is 181 g/mol. The van der Waals surface area contributed by atoms with E-state index in [0.29, 0.717) is 12.1 Å². The van der Waals surface area contributed by atoms with Gasteiger partial charge in [-0.1, -0.05) is 6.07 Å². The number of hydrogen-bond acceptors (Lipinski definition) is 2. The molecule has 2 rings (SSSR count). The highest BCUT2D eigenvalue weighted by atomic mass is 19.1. The number of benzene rings is 1. The molecule has 2 aromatic rings. The van der Waals surface area contributed by atoms with Gasteiger partial charge in [-0.05, 0) is 19.2 Å². The molecule has 0 bridgehead atoms. The molecule has 1 aromatic carbocycles. The lowest BCUT2D eigenvalue weighted by Crippen LogP contribution is -2.10. The maximum atomic E-state index is 13.3. The predicted octanol–water partition coefficient (Wildman–Crippen LogP) is 1.43. The molecule has 4 heteroatoms. The standard InChI is InChI=1S/C10H12FN3/c1-12-6-9-13-10-7(11)4-3-5-8(10)14(9)2/h3-5,12H,6H2,1-2H3. The van der Waals surface area contributed by atoms with Crippen LogP contribution in [0.5, 0.6) is 0 Å². The molecule has 0 amide bonds. The van der Waals surface area contributed by atoms with Crippen LogP contribution in [0.2, 0.25) is 0 Å². The van der Waals surface area contributed by atoms with Gasteiger partial charge in [0.25, 0.3) is 0 Å². The van der Waals surface area contributed by atoms with Crippen molar-refractivity contribution in [3.8, 4) is 0 Å². The van der Waals surface area contributed by atoms with E-state index in [2.05, 4.69) is 10.3 Å². The fraction of sp³-hybridized carbons (Fsp3) is 0.300. The number of para-hydroxylation sites is 1. The molecule has 0 fully saturated rings. The van der Waals surface area contributed by atoms with Gasteiger partial charge in [-0.3, -0.25) is 0 Å². The molecule has 14 heavy (non-hydrogen) atoms. The van der Waals surface area contributed by atoms with E-state index in [1.165, 1.54) is 6.07 Å². The molecule has 0 saturated heterocycles. The minimum absolute atomic E-state index is 0.263. The molecule has 1 aromatic heterocycles. The second-order valence-electron chi connectivity index (χ2n) is 3.22. The zero-order chi connectivity index (χ0) is 10.1. The lowest BCUT2D eigenvalue weighted by Gasteiger charge is -1.99. The Morgan fingerprint density at radius 1 is 1.50 bits per heavy atom. The van der Waals surface area contributed by atoms with Crippen LogP contribution >= 0.6 is 0 Å². The molecule has 0 atom stereocenters. The fourth-order valence-corrected chi connectivity index (χ4v) is 1.54. The molecule has 1 heterocycles. The van der Waals surface area contributed by atoms with Gasteiger partial charge in [-0.15, -0.1) is 0 Å². The Balaban J connectivity index is 2.67. The van der Waals surface area contributed by atoms with Gasteiger partial charge >= 0.3 is 0 Å². The summed E-state index contributed by atoms with van der Waals surface area (Å²) in [6.07, 6.45) is 0. The summed E-state index contributed by atoms with van der Waals surface area (Å²) in [4.78, 5) is 4.23. The topological polar surface area (TPSA) is 29.9 Å². The van der Waals surface area contributed by atoms with E-state index >= 15 is 0 Å². The summed E-state index contributed by atoms with van der Waals surface area (Å²) in [5.74, 6) is 0.577. The van der Waals surface area contributed by atoms with Crippen molar-refractivity contribution in [3.63, 3.8) is 0 Å². The van der Waals surface area contributed by atoms with E-state index in [1.807, 2.05) is 24.7 Å². The Bertz CT molecular complexity index is 462. The number of aromatic nitrogens is 2. The molecule has 74 valence electrons. The molecule has 0 unspecified atom stereocenters. The van der Waals surface area contributed by atoms with Crippen LogP contribution in [0.15, 0.2) is 18.2 Å². The van der Waals surface area contributed by atoms with Crippen molar-refractivity contribution in [2.24, 2.45) is 7.05 Å². The number of nitrogens with zero attached hydrogens (tertiary/aromatic N) is 2. The second-order valence-corrected chi connectivity index (χ2v) is 3.22. The van der Waals surface area contributed by atoms with Crippen molar-refractivity contribution < 1.29 is 4.39 Å². The molecule has 0 aliphatic heterocycles. The second kappa shape index (κ2) is 3.38. The Morgan fingerprint density at radius 3 is 2.93 bits per heavy atom. The van der Waals surface area contributed by atoms with E-state index in [9.17, 15) is 4.39 Å². The van der Waals surface area contributed by atoms with E-state index in [-0.39, 0.29) is 5.82 Å². The molecule has 0 aliphatic carbocycles. The Hall–Kier alpha value is -1.42. The van der Waals surface area contributed by atoms with Gasteiger partial charge in [-0.2, -0.15) is 0 Å². The Kier molecular flexibility index (Phi) is 2.21. The first kappa shape index (κ1) is 9.15. The van der Waals surface area contributed by atoms with Crippen molar-refractivity contribution in [2.45, 2.75) is 6.54 Å². The van der Waals surface area contributed by atoms with Crippen molar-refractivity contribution >= 4 is 11.0 Å². The number of hydrogen-bond donors (Lipinski definition) is 1. The highest BCUT2D eigenvalue weighted by Crippen LogP contribution is 2.17. The number of nitrogens with one attached hydrogen (secondary N) is 1. The summed E-state index contributed by atoms with van der Waals surface area (Å²) in [7, 11) is 3.73. The lowest BCUT2D eigenvalue weighted by molar-refractivity contribution is 0.636. The number of imidazole rings is 1. The Morgan fingerprint density at radius 2 is 2.29 bits per heavy atom. The van der Waals surface area contributed by atoms with Gasteiger partial charge in [0.2, 0.25) is 0 Å². The van der Waals surface area contributed by atoms with Crippen LogP contribution in [0.3, 0.4) is 0 Å². The maximum Gasteiger partial charge on any atom is 0.151 e. The smallest absolute Gasteiger partial charge is 0.151 e.